The molecule has 1 aliphatic carbocycles. The number of carbonyl (C=O) groups is 1. The number of ketones is 1. The van der Waals surface area contributed by atoms with Gasteiger partial charge in [-0.15, -0.1) is 0 Å². The van der Waals surface area contributed by atoms with Gasteiger partial charge in [0.25, 0.3) is 0 Å². The molecule has 0 radical (unpaired) electrons. The molecule has 0 heterocycles. The second kappa shape index (κ2) is 8.67. The zero-order valence-corrected chi connectivity index (χ0v) is 12.4. The van der Waals surface area contributed by atoms with Crippen LogP contribution in [0.2, 0.25) is 0 Å². The number of carbonyl (C=O) groups excluding carboxylic acids is 1. The molecule has 0 aromatic heterocycles. The van der Waals surface area contributed by atoms with Gasteiger partial charge in [-0.05, 0) is 25.2 Å². The molecule has 0 spiro atoms. The summed E-state index contributed by atoms with van der Waals surface area (Å²) in [5, 5.41) is 9.86. The maximum Gasteiger partial charge on any atom is 0.167 e. The van der Waals surface area contributed by atoms with Crippen LogP contribution in [0.3, 0.4) is 0 Å². The molecule has 112 valence electrons. The Bertz CT molecular complexity index is 261. The van der Waals surface area contributed by atoms with Gasteiger partial charge in [-0.25, -0.2) is 0 Å². The third kappa shape index (κ3) is 4.86. The van der Waals surface area contributed by atoms with E-state index in [4.69, 9.17) is 9.47 Å². The van der Waals surface area contributed by atoms with E-state index in [9.17, 15) is 9.90 Å². The Hall–Kier alpha value is -0.450. The molecular weight excluding hydrogens is 244 g/mol. The quantitative estimate of drug-likeness (QED) is 0.690. The lowest BCUT2D eigenvalue weighted by Crippen LogP contribution is -2.41. The number of rotatable bonds is 8. The van der Waals surface area contributed by atoms with Crippen LogP contribution in [0, 0.1) is 11.8 Å². The van der Waals surface area contributed by atoms with Crippen molar-refractivity contribution in [1.82, 2.24) is 0 Å². The smallest absolute Gasteiger partial charge is 0.167 e. The number of hydrogen-bond acceptors (Lipinski definition) is 4. The zero-order chi connectivity index (χ0) is 14.3. The first kappa shape index (κ1) is 16.6. The first-order valence-electron chi connectivity index (χ1n) is 7.44. The van der Waals surface area contributed by atoms with E-state index in [2.05, 4.69) is 0 Å². The van der Waals surface area contributed by atoms with Gasteiger partial charge in [-0.1, -0.05) is 33.1 Å². The third-order valence-corrected chi connectivity index (χ3v) is 4.17. The molecule has 0 aromatic carbocycles. The van der Waals surface area contributed by atoms with Crippen molar-refractivity contribution in [2.45, 2.75) is 64.6 Å². The number of methoxy groups -OCH3 is 1. The van der Waals surface area contributed by atoms with Crippen molar-refractivity contribution in [3.05, 3.63) is 0 Å². The third-order valence-electron chi connectivity index (χ3n) is 4.17. The first-order valence-corrected chi connectivity index (χ1v) is 7.44. The van der Waals surface area contributed by atoms with Crippen molar-refractivity contribution in [3.8, 4) is 0 Å². The lowest BCUT2D eigenvalue weighted by molar-refractivity contribution is -0.153. The predicted octanol–water partition coefficient (Wildman–Crippen LogP) is 2.53. The molecule has 1 fully saturated rings. The van der Waals surface area contributed by atoms with E-state index in [1.165, 1.54) is 6.42 Å². The van der Waals surface area contributed by atoms with Gasteiger partial charge in [0.05, 0.1) is 6.10 Å². The summed E-state index contributed by atoms with van der Waals surface area (Å²) < 4.78 is 10.6. The average molecular weight is 272 g/mol. The molecule has 4 nitrogen and oxygen atoms in total. The number of aliphatic hydroxyl groups excluding tert-OH is 1. The van der Waals surface area contributed by atoms with Gasteiger partial charge in [-0.2, -0.15) is 0 Å². The second-order valence-corrected chi connectivity index (χ2v) is 5.56. The van der Waals surface area contributed by atoms with Crippen LogP contribution < -0.4 is 0 Å². The Kier molecular flexibility index (Phi) is 7.57. The van der Waals surface area contributed by atoms with E-state index in [0.29, 0.717) is 6.42 Å². The Morgan fingerprint density at radius 2 is 1.95 bits per heavy atom. The van der Waals surface area contributed by atoms with E-state index in [0.717, 1.165) is 25.7 Å². The summed E-state index contributed by atoms with van der Waals surface area (Å²) >= 11 is 0. The van der Waals surface area contributed by atoms with Crippen LogP contribution in [-0.2, 0) is 14.3 Å². The van der Waals surface area contributed by atoms with Crippen molar-refractivity contribution >= 4 is 5.78 Å². The first-order chi connectivity index (χ1) is 9.11. The lowest BCUT2D eigenvalue weighted by atomic mass is 9.80. The summed E-state index contributed by atoms with van der Waals surface area (Å²) in [5.74, 6) is -0.0602. The van der Waals surface area contributed by atoms with Gasteiger partial charge in [-0.3, -0.25) is 4.79 Å². The van der Waals surface area contributed by atoms with Crippen molar-refractivity contribution in [2.24, 2.45) is 11.8 Å². The Morgan fingerprint density at radius 1 is 1.32 bits per heavy atom. The number of ether oxygens (including phenoxy) is 2. The Balaban J connectivity index is 2.68. The van der Waals surface area contributed by atoms with Crippen LogP contribution in [-0.4, -0.2) is 37.0 Å². The van der Waals surface area contributed by atoms with Gasteiger partial charge in [0.15, 0.2) is 5.78 Å². The summed E-state index contributed by atoms with van der Waals surface area (Å²) in [6.07, 6.45) is 5.24. The van der Waals surface area contributed by atoms with Crippen molar-refractivity contribution in [2.75, 3.05) is 13.9 Å². The SMILES string of the molecule is CC[C@@H](O)[C@H](C)C(=O)[C@@H](OCOC)C1CCCCC1. The fraction of sp³-hybridized carbons (Fsp3) is 0.933. The molecule has 0 aliphatic heterocycles. The summed E-state index contributed by atoms with van der Waals surface area (Å²) in [6, 6.07) is 0. The van der Waals surface area contributed by atoms with Crippen LogP contribution >= 0.6 is 0 Å². The Morgan fingerprint density at radius 3 is 2.47 bits per heavy atom. The molecule has 0 saturated heterocycles. The minimum atomic E-state index is -0.579. The molecule has 0 unspecified atom stereocenters. The highest BCUT2D eigenvalue weighted by molar-refractivity contribution is 5.86. The lowest BCUT2D eigenvalue weighted by Gasteiger charge is -2.31. The highest BCUT2D eigenvalue weighted by Crippen LogP contribution is 2.30. The molecule has 4 heteroatoms. The number of aliphatic hydroxyl groups is 1. The minimum Gasteiger partial charge on any atom is -0.392 e. The van der Waals surface area contributed by atoms with Gasteiger partial charge in [0.2, 0.25) is 0 Å². The van der Waals surface area contributed by atoms with Gasteiger partial charge >= 0.3 is 0 Å². The fourth-order valence-electron chi connectivity index (χ4n) is 2.83. The monoisotopic (exact) mass is 272 g/mol. The highest BCUT2D eigenvalue weighted by atomic mass is 16.7. The van der Waals surface area contributed by atoms with Crippen LogP contribution in [0.5, 0.6) is 0 Å². The van der Waals surface area contributed by atoms with Crippen LogP contribution in [0.25, 0.3) is 0 Å². The fourth-order valence-corrected chi connectivity index (χ4v) is 2.83. The second-order valence-electron chi connectivity index (χ2n) is 5.56. The van der Waals surface area contributed by atoms with Gasteiger partial charge in [0.1, 0.15) is 12.9 Å². The van der Waals surface area contributed by atoms with E-state index < -0.39 is 12.2 Å². The molecule has 1 N–H and O–H groups in total. The topological polar surface area (TPSA) is 55.8 Å². The molecule has 19 heavy (non-hydrogen) atoms. The van der Waals surface area contributed by atoms with E-state index >= 15 is 0 Å². The maximum atomic E-state index is 12.5. The molecule has 0 aromatic rings. The van der Waals surface area contributed by atoms with Crippen LogP contribution in [0.15, 0.2) is 0 Å². The predicted molar refractivity (Wildman–Crippen MR) is 73.8 cm³/mol. The highest BCUT2D eigenvalue weighted by Gasteiger charge is 2.35. The van der Waals surface area contributed by atoms with Crippen LogP contribution in [0.1, 0.15) is 52.4 Å². The molecular formula is C15H28O4. The van der Waals surface area contributed by atoms with Crippen molar-refractivity contribution < 1.29 is 19.4 Å². The molecule has 0 bridgehead atoms. The molecule has 0 amide bonds. The Labute approximate surface area is 116 Å². The summed E-state index contributed by atoms with van der Waals surface area (Å²) in [4.78, 5) is 12.5. The largest absolute Gasteiger partial charge is 0.392 e. The normalized spacial score (nSPS) is 21.9. The number of hydrogen-bond donors (Lipinski definition) is 1. The number of Topliss-reactive ketones (excluding diaryl/α,β-unsaturated/α-hetero) is 1. The zero-order valence-electron chi connectivity index (χ0n) is 12.4. The van der Waals surface area contributed by atoms with E-state index in [-0.39, 0.29) is 24.4 Å². The maximum absolute atomic E-state index is 12.5. The van der Waals surface area contributed by atoms with Crippen molar-refractivity contribution in [1.29, 1.82) is 0 Å². The van der Waals surface area contributed by atoms with E-state index in [1.54, 1.807) is 14.0 Å². The molecule has 1 rings (SSSR count). The average Bonchev–Trinajstić information content (AvgIpc) is 2.46. The molecule has 3 atom stereocenters. The molecule has 1 aliphatic rings. The van der Waals surface area contributed by atoms with Gasteiger partial charge in [0, 0.05) is 13.0 Å². The standard InChI is InChI=1S/C15H28O4/c1-4-13(16)11(2)14(17)15(19-10-18-3)12-8-6-5-7-9-12/h11-13,15-16H,4-10H2,1-3H3/t11-,13+,15-/m0/s1. The van der Waals surface area contributed by atoms with Crippen molar-refractivity contribution in [3.63, 3.8) is 0 Å². The summed E-state index contributed by atoms with van der Waals surface area (Å²) in [6.45, 7) is 3.82. The van der Waals surface area contributed by atoms with E-state index in [1.807, 2.05) is 6.92 Å². The minimum absolute atomic E-state index is 0.0262. The summed E-state index contributed by atoms with van der Waals surface area (Å²) in [5.41, 5.74) is 0. The van der Waals surface area contributed by atoms with Gasteiger partial charge < -0.3 is 14.6 Å². The van der Waals surface area contributed by atoms with Crippen LogP contribution in [0.4, 0.5) is 0 Å². The summed E-state index contributed by atoms with van der Waals surface area (Å²) in [7, 11) is 1.56. The molecule has 1 saturated carbocycles.